The van der Waals surface area contributed by atoms with Crippen molar-refractivity contribution in [3.05, 3.63) is 102 Å². The highest BCUT2D eigenvalue weighted by molar-refractivity contribution is 6.05. The van der Waals surface area contributed by atoms with Crippen molar-refractivity contribution < 1.29 is 14.4 Å². The Morgan fingerprint density at radius 1 is 0.951 bits per heavy atom. The Labute approximate surface area is 242 Å². The van der Waals surface area contributed by atoms with Crippen molar-refractivity contribution in [2.45, 2.75) is 45.2 Å². The van der Waals surface area contributed by atoms with E-state index >= 15 is 0 Å². The van der Waals surface area contributed by atoms with Gasteiger partial charge in [-0.25, -0.2) is 0 Å². The first-order valence-electron chi connectivity index (χ1n) is 14.5. The lowest BCUT2D eigenvalue weighted by atomic mass is 9.96. The number of nitrogens with one attached hydrogen (secondary N) is 1. The van der Waals surface area contributed by atoms with Crippen LogP contribution >= 0.6 is 0 Å². The number of piperidine rings is 1. The van der Waals surface area contributed by atoms with Crippen LogP contribution in [0.4, 0.5) is 11.4 Å². The molecule has 0 radical (unpaired) electrons. The third-order valence-electron chi connectivity index (χ3n) is 8.02. The van der Waals surface area contributed by atoms with Crippen molar-refractivity contribution in [1.29, 1.82) is 0 Å². The SMILES string of the molecule is CCNC(=O)C(c1ccccc1)N1CCC(N(C(=O)/C=C/c2ccccc2)c2ccc3c(c2)N(C(C)=O)CC3)CC1. The van der Waals surface area contributed by atoms with Gasteiger partial charge in [0, 0.05) is 56.6 Å². The van der Waals surface area contributed by atoms with Crippen molar-refractivity contribution >= 4 is 35.2 Å². The molecule has 7 nitrogen and oxygen atoms in total. The summed E-state index contributed by atoms with van der Waals surface area (Å²) >= 11 is 0. The molecule has 7 heteroatoms. The molecule has 1 saturated heterocycles. The number of anilines is 2. The van der Waals surface area contributed by atoms with Crippen LogP contribution in [0.2, 0.25) is 0 Å². The number of rotatable bonds is 8. The molecule has 212 valence electrons. The van der Waals surface area contributed by atoms with Gasteiger partial charge >= 0.3 is 0 Å². The Morgan fingerprint density at radius 2 is 1.63 bits per heavy atom. The Morgan fingerprint density at radius 3 is 2.29 bits per heavy atom. The number of amides is 3. The quantitative estimate of drug-likeness (QED) is 0.402. The van der Waals surface area contributed by atoms with E-state index in [9.17, 15) is 14.4 Å². The number of nitrogens with zero attached hydrogens (tertiary/aromatic N) is 3. The summed E-state index contributed by atoms with van der Waals surface area (Å²) in [6.45, 7) is 6.11. The van der Waals surface area contributed by atoms with Gasteiger partial charge in [-0.05, 0) is 61.1 Å². The largest absolute Gasteiger partial charge is 0.355 e. The molecule has 1 unspecified atom stereocenters. The number of carbonyl (C=O) groups excluding carboxylic acids is 3. The average molecular weight is 551 g/mol. The summed E-state index contributed by atoms with van der Waals surface area (Å²) in [6.07, 6.45) is 5.75. The van der Waals surface area contributed by atoms with Gasteiger partial charge in [-0.3, -0.25) is 19.3 Å². The van der Waals surface area contributed by atoms with Crippen LogP contribution < -0.4 is 15.1 Å². The molecule has 41 heavy (non-hydrogen) atoms. The first-order chi connectivity index (χ1) is 20.0. The fourth-order valence-corrected chi connectivity index (χ4v) is 6.01. The lowest BCUT2D eigenvalue weighted by molar-refractivity contribution is -0.127. The molecular weight excluding hydrogens is 512 g/mol. The minimum Gasteiger partial charge on any atom is -0.355 e. The first-order valence-corrected chi connectivity index (χ1v) is 14.5. The molecule has 2 aliphatic rings. The third kappa shape index (κ3) is 6.41. The van der Waals surface area contributed by atoms with Crippen LogP contribution in [0.5, 0.6) is 0 Å². The molecule has 1 fully saturated rings. The van der Waals surface area contributed by atoms with Crippen LogP contribution in [0.1, 0.15) is 49.4 Å². The number of hydrogen-bond acceptors (Lipinski definition) is 4. The van der Waals surface area contributed by atoms with E-state index in [2.05, 4.69) is 10.2 Å². The average Bonchev–Trinajstić information content (AvgIpc) is 3.42. The van der Waals surface area contributed by atoms with E-state index in [0.29, 0.717) is 26.2 Å². The van der Waals surface area contributed by atoms with E-state index in [1.165, 1.54) is 0 Å². The molecule has 3 aromatic carbocycles. The van der Waals surface area contributed by atoms with Gasteiger partial charge in [-0.2, -0.15) is 0 Å². The second-order valence-corrected chi connectivity index (χ2v) is 10.7. The lowest BCUT2D eigenvalue weighted by Crippen LogP contribution is -2.50. The van der Waals surface area contributed by atoms with Gasteiger partial charge in [0.05, 0.1) is 0 Å². The Balaban J connectivity index is 1.42. The molecule has 2 heterocycles. The van der Waals surface area contributed by atoms with Crippen molar-refractivity contribution in [1.82, 2.24) is 10.2 Å². The smallest absolute Gasteiger partial charge is 0.251 e. The maximum atomic E-state index is 13.8. The molecule has 1 atom stereocenters. The summed E-state index contributed by atoms with van der Waals surface area (Å²) < 4.78 is 0. The summed E-state index contributed by atoms with van der Waals surface area (Å²) in [5.41, 5.74) is 4.73. The normalized spacial score (nSPS) is 16.4. The van der Waals surface area contributed by atoms with Gasteiger partial charge in [0.2, 0.25) is 11.8 Å². The Bertz CT molecular complexity index is 1400. The van der Waals surface area contributed by atoms with E-state index in [1.54, 1.807) is 17.9 Å². The van der Waals surface area contributed by atoms with Gasteiger partial charge in [0.25, 0.3) is 5.91 Å². The summed E-state index contributed by atoms with van der Waals surface area (Å²) in [5, 5.41) is 3.00. The molecule has 3 aromatic rings. The number of fused-ring (bicyclic) bond motifs is 1. The van der Waals surface area contributed by atoms with Gasteiger partial charge in [-0.1, -0.05) is 66.7 Å². The molecule has 0 saturated carbocycles. The first kappa shape index (κ1) is 28.3. The van der Waals surface area contributed by atoms with Crippen molar-refractivity contribution in [2.24, 2.45) is 0 Å². The predicted octanol–water partition coefficient (Wildman–Crippen LogP) is 4.98. The highest BCUT2D eigenvalue weighted by Crippen LogP contribution is 2.35. The fraction of sp³-hybridized carbons (Fsp3) is 0.324. The van der Waals surface area contributed by atoms with Crippen LogP contribution in [-0.4, -0.2) is 54.8 Å². The molecule has 1 N–H and O–H groups in total. The van der Waals surface area contributed by atoms with Crippen molar-refractivity contribution in [3.8, 4) is 0 Å². The maximum Gasteiger partial charge on any atom is 0.251 e. The second kappa shape index (κ2) is 13.0. The minimum atomic E-state index is -0.372. The number of likely N-dealkylation sites (tertiary alicyclic amines) is 1. The standard InChI is InChI=1S/C34H38N4O3/c1-3-35-34(41)33(28-12-8-5-9-13-28)36-21-19-29(20-22-36)38(32(40)17-14-26-10-6-4-7-11-26)30-16-15-27-18-23-37(25(2)39)31(27)24-30/h4-17,24,29,33H,3,18-23H2,1-2H3,(H,35,41)/b17-14+. The Kier molecular flexibility index (Phi) is 8.95. The monoisotopic (exact) mass is 550 g/mol. The fourth-order valence-electron chi connectivity index (χ4n) is 6.01. The van der Waals surface area contributed by atoms with Crippen LogP contribution in [0.15, 0.2) is 84.9 Å². The van der Waals surface area contributed by atoms with Crippen LogP contribution in [-0.2, 0) is 20.8 Å². The number of carbonyl (C=O) groups is 3. The number of hydrogen-bond donors (Lipinski definition) is 1. The topological polar surface area (TPSA) is 73.0 Å². The third-order valence-corrected chi connectivity index (χ3v) is 8.02. The number of benzene rings is 3. The molecule has 0 aromatic heterocycles. The van der Waals surface area contributed by atoms with Crippen LogP contribution in [0.25, 0.3) is 6.08 Å². The van der Waals surface area contributed by atoms with Gasteiger partial charge in [0.15, 0.2) is 0 Å². The van der Waals surface area contributed by atoms with Crippen LogP contribution in [0.3, 0.4) is 0 Å². The van der Waals surface area contributed by atoms with Crippen LogP contribution in [0, 0.1) is 0 Å². The zero-order valence-corrected chi connectivity index (χ0v) is 23.8. The summed E-state index contributed by atoms with van der Waals surface area (Å²) in [6, 6.07) is 25.3. The molecule has 2 aliphatic heterocycles. The molecule has 0 aliphatic carbocycles. The van der Waals surface area contributed by atoms with Gasteiger partial charge in [0.1, 0.15) is 6.04 Å². The second-order valence-electron chi connectivity index (χ2n) is 10.7. The summed E-state index contributed by atoms with van der Waals surface area (Å²) in [4.78, 5) is 45.2. The molecular formula is C34H38N4O3. The molecule has 3 amide bonds. The van der Waals surface area contributed by atoms with E-state index in [4.69, 9.17) is 0 Å². The van der Waals surface area contributed by atoms with E-state index < -0.39 is 0 Å². The molecule has 5 rings (SSSR count). The predicted molar refractivity (Wildman–Crippen MR) is 164 cm³/mol. The summed E-state index contributed by atoms with van der Waals surface area (Å²) in [7, 11) is 0. The van der Waals surface area contributed by atoms with Gasteiger partial charge in [-0.15, -0.1) is 0 Å². The number of likely N-dealkylation sites (N-methyl/N-ethyl adjacent to an activating group) is 1. The molecule has 0 spiro atoms. The Hall–Kier alpha value is -4.23. The van der Waals surface area contributed by atoms with E-state index in [0.717, 1.165) is 47.3 Å². The highest BCUT2D eigenvalue weighted by atomic mass is 16.2. The highest BCUT2D eigenvalue weighted by Gasteiger charge is 2.35. The van der Waals surface area contributed by atoms with Gasteiger partial charge < -0.3 is 15.1 Å². The van der Waals surface area contributed by atoms with E-state index in [-0.39, 0.29) is 29.8 Å². The minimum absolute atomic E-state index is 0.00109. The van der Waals surface area contributed by atoms with Crippen molar-refractivity contribution in [2.75, 3.05) is 36.0 Å². The lowest BCUT2D eigenvalue weighted by Gasteiger charge is -2.41. The zero-order valence-electron chi connectivity index (χ0n) is 23.8. The van der Waals surface area contributed by atoms with Crippen molar-refractivity contribution in [3.63, 3.8) is 0 Å². The zero-order chi connectivity index (χ0) is 28.8. The summed E-state index contributed by atoms with van der Waals surface area (Å²) in [5.74, 6) is -0.0878. The molecule has 0 bridgehead atoms. The maximum absolute atomic E-state index is 13.8. The van der Waals surface area contributed by atoms with E-state index in [1.807, 2.05) is 96.8 Å².